The predicted octanol–water partition coefficient (Wildman–Crippen LogP) is 2.89. The van der Waals surface area contributed by atoms with Gasteiger partial charge in [-0.25, -0.2) is 0 Å². The molecule has 3 unspecified atom stereocenters. The van der Waals surface area contributed by atoms with Gasteiger partial charge in [0.15, 0.2) is 0 Å². The van der Waals surface area contributed by atoms with Crippen LogP contribution >= 0.6 is 0 Å². The minimum atomic E-state index is 0.289. The molecule has 1 fully saturated rings. The van der Waals surface area contributed by atoms with Gasteiger partial charge in [-0.2, -0.15) is 0 Å². The van der Waals surface area contributed by atoms with Gasteiger partial charge in [0.25, 0.3) is 0 Å². The summed E-state index contributed by atoms with van der Waals surface area (Å²) in [4.78, 5) is 2.46. The van der Waals surface area contributed by atoms with Gasteiger partial charge in [0.2, 0.25) is 0 Å². The van der Waals surface area contributed by atoms with Gasteiger partial charge in [0.05, 0.1) is 6.61 Å². The van der Waals surface area contributed by atoms with Crippen LogP contribution in [0.4, 0.5) is 0 Å². The molecular weight excluding hydrogens is 248 g/mol. The van der Waals surface area contributed by atoms with Crippen LogP contribution in [0.1, 0.15) is 59.3 Å². The van der Waals surface area contributed by atoms with Crippen molar-refractivity contribution in [1.82, 2.24) is 10.2 Å². The van der Waals surface area contributed by atoms with Crippen LogP contribution < -0.4 is 5.32 Å². The van der Waals surface area contributed by atoms with Crippen LogP contribution in [0.15, 0.2) is 0 Å². The van der Waals surface area contributed by atoms with E-state index >= 15 is 0 Å². The number of hydrogen-bond donors (Lipinski definition) is 2. The van der Waals surface area contributed by atoms with Gasteiger partial charge in [0, 0.05) is 19.1 Å². The molecule has 0 radical (unpaired) electrons. The number of rotatable bonds is 10. The Morgan fingerprint density at radius 2 is 1.90 bits per heavy atom. The number of aliphatic hydroxyl groups is 1. The van der Waals surface area contributed by atoms with Gasteiger partial charge < -0.3 is 15.3 Å². The van der Waals surface area contributed by atoms with Crippen molar-refractivity contribution in [3.8, 4) is 0 Å². The third-order valence-electron chi connectivity index (χ3n) is 4.77. The molecule has 2 N–H and O–H groups in total. The minimum Gasteiger partial charge on any atom is -0.395 e. The summed E-state index contributed by atoms with van der Waals surface area (Å²) in [6.45, 7) is 11.4. The van der Waals surface area contributed by atoms with Crippen molar-refractivity contribution in [3.63, 3.8) is 0 Å². The zero-order valence-corrected chi connectivity index (χ0v) is 13.9. The Balaban J connectivity index is 2.56. The number of nitrogens with one attached hydrogen (secondary N) is 1. The Kier molecular flexibility index (Phi) is 9.49. The van der Waals surface area contributed by atoms with Crippen LogP contribution in [-0.2, 0) is 0 Å². The second-order valence-electron chi connectivity index (χ2n) is 6.43. The second kappa shape index (κ2) is 10.6. The summed E-state index contributed by atoms with van der Waals surface area (Å²) in [6, 6.07) is 0.691. The zero-order valence-electron chi connectivity index (χ0n) is 13.9. The molecule has 3 nitrogen and oxygen atoms in total. The Labute approximate surface area is 126 Å². The molecule has 0 amide bonds. The van der Waals surface area contributed by atoms with E-state index < -0.39 is 0 Å². The lowest BCUT2D eigenvalue weighted by atomic mass is 9.76. The summed E-state index contributed by atoms with van der Waals surface area (Å²) >= 11 is 0. The van der Waals surface area contributed by atoms with E-state index in [-0.39, 0.29) is 6.61 Å². The van der Waals surface area contributed by atoms with E-state index in [1.54, 1.807) is 0 Å². The van der Waals surface area contributed by atoms with Gasteiger partial charge >= 0.3 is 0 Å². The summed E-state index contributed by atoms with van der Waals surface area (Å²) in [5, 5.41) is 13.0. The lowest BCUT2D eigenvalue weighted by Crippen LogP contribution is -2.46. The molecule has 3 heteroatoms. The molecule has 120 valence electrons. The highest BCUT2D eigenvalue weighted by atomic mass is 16.3. The highest BCUT2D eigenvalue weighted by molar-refractivity contribution is 4.86. The predicted molar refractivity (Wildman–Crippen MR) is 87.0 cm³/mol. The topological polar surface area (TPSA) is 35.5 Å². The fraction of sp³-hybridized carbons (Fsp3) is 1.00. The Morgan fingerprint density at radius 3 is 2.50 bits per heavy atom. The normalized spacial score (nSPS) is 27.1. The third-order valence-corrected chi connectivity index (χ3v) is 4.77. The van der Waals surface area contributed by atoms with Crippen LogP contribution in [0.25, 0.3) is 0 Å². The van der Waals surface area contributed by atoms with Crippen LogP contribution in [0.2, 0.25) is 0 Å². The van der Waals surface area contributed by atoms with Crippen LogP contribution in [0.3, 0.4) is 0 Å². The Morgan fingerprint density at radius 1 is 1.10 bits per heavy atom. The molecule has 0 spiro atoms. The summed E-state index contributed by atoms with van der Waals surface area (Å²) in [5.41, 5.74) is 0. The molecule has 20 heavy (non-hydrogen) atoms. The molecule has 0 aromatic rings. The first-order chi connectivity index (χ1) is 9.74. The molecule has 0 aromatic carbocycles. The van der Waals surface area contributed by atoms with E-state index in [2.05, 4.69) is 31.0 Å². The maximum atomic E-state index is 9.24. The van der Waals surface area contributed by atoms with E-state index in [1.807, 2.05) is 0 Å². The van der Waals surface area contributed by atoms with Gasteiger partial charge in [-0.05, 0) is 57.0 Å². The molecule has 0 heterocycles. The lowest BCUT2D eigenvalue weighted by Gasteiger charge is -2.39. The Hall–Kier alpha value is -0.120. The van der Waals surface area contributed by atoms with Gasteiger partial charge in [-0.15, -0.1) is 0 Å². The van der Waals surface area contributed by atoms with Gasteiger partial charge in [-0.3, -0.25) is 0 Å². The van der Waals surface area contributed by atoms with E-state index in [4.69, 9.17) is 0 Å². The smallest absolute Gasteiger partial charge is 0.0558 e. The lowest BCUT2D eigenvalue weighted by molar-refractivity contribution is 0.121. The second-order valence-corrected chi connectivity index (χ2v) is 6.43. The standard InChI is InChI=1S/C17H36N2O/c1-4-9-18-17-8-7-15(6-3)13-16(17)14-19(10-5-2)11-12-20/h15-18,20H,4-14H2,1-3H3. The van der Waals surface area contributed by atoms with Crippen LogP contribution in [0.5, 0.6) is 0 Å². The Bertz CT molecular complexity index is 229. The van der Waals surface area contributed by atoms with E-state index in [9.17, 15) is 5.11 Å². The first-order valence-corrected chi connectivity index (χ1v) is 8.81. The quantitative estimate of drug-likeness (QED) is 0.647. The highest BCUT2D eigenvalue weighted by Crippen LogP contribution is 2.32. The van der Waals surface area contributed by atoms with Gasteiger partial charge in [-0.1, -0.05) is 27.2 Å². The van der Waals surface area contributed by atoms with E-state index in [0.29, 0.717) is 6.04 Å². The summed E-state index contributed by atoms with van der Waals surface area (Å²) in [7, 11) is 0. The van der Waals surface area contributed by atoms with Gasteiger partial charge in [0.1, 0.15) is 0 Å². The summed E-state index contributed by atoms with van der Waals surface area (Å²) in [6.07, 6.45) is 7.81. The number of hydrogen-bond acceptors (Lipinski definition) is 3. The highest BCUT2D eigenvalue weighted by Gasteiger charge is 2.30. The molecule has 1 saturated carbocycles. The monoisotopic (exact) mass is 284 g/mol. The SMILES string of the molecule is CCCNC1CCC(CC)CC1CN(CCC)CCO. The molecular formula is C17H36N2O. The van der Waals surface area contributed by atoms with Crippen molar-refractivity contribution in [3.05, 3.63) is 0 Å². The van der Waals surface area contributed by atoms with Crippen molar-refractivity contribution in [1.29, 1.82) is 0 Å². The maximum absolute atomic E-state index is 9.24. The average molecular weight is 284 g/mol. The van der Waals surface area contributed by atoms with Crippen LogP contribution in [-0.4, -0.2) is 48.8 Å². The molecule has 1 rings (SSSR count). The molecule has 0 aliphatic heterocycles. The fourth-order valence-corrected chi connectivity index (χ4v) is 3.62. The fourth-order valence-electron chi connectivity index (χ4n) is 3.62. The van der Waals surface area contributed by atoms with Crippen LogP contribution in [0, 0.1) is 11.8 Å². The van der Waals surface area contributed by atoms with Crippen molar-refractivity contribution < 1.29 is 5.11 Å². The average Bonchev–Trinajstić information content (AvgIpc) is 2.46. The largest absolute Gasteiger partial charge is 0.395 e. The number of nitrogens with zero attached hydrogens (tertiary/aromatic N) is 1. The maximum Gasteiger partial charge on any atom is 0.0558 e. The molecule has 3 atom stereocenters. The minimum absolute atomic E-state index is 0.289. The van der Waals surface area contributed by atoms with Crippen molar-refractivity contribution >= 4 is 0 Å². The van der Waals surface area contributed by atoms with E-state index in [0.717, 1.165) is 38.0 Å². The van der Waals surface area contributed by atoms with E-state index in [1.165, 1.54) is 38.5 Å². The number of aliphatic hydroxyl groups excluding tert-OH is 1. The molecule has 1 aliphatic carbocycles. The summed E-state index contributed by atoms with van der Waals surface area (Å²) in [5.74, 6) is 1.68. The van der Waals surface area contributed by atoms with Crippen molar-refractivity contribution in [2.75, 3.05) is 32.8 Å². The third kappa shape index (κ3) is 6.11. The molecule has 0 bridgehead atoms. The molecule has 1 aliphatic rings. The van der Waals surface area contributed by atoms with Crippen molar-refractivity contribution in [2.24, 2.45) is 11.8 Å². The molecule has 0 saturated heterocycles. The summed E-state index contributed by atoms with van der Waals surface area (Å²) < 4.78 is 0. The first-order valence-electron chi connectivity index (χ1n) is 8.81. The zero-order chi connectivity index (χ0) is 14.8. The first kappa shape index (κ1) is 17.9. The molecule has 0 aromatic heterocycles. The van der Waals surface area contributed by atoms with Crippen molar-refractivity contribution in [2.45, 2.75) is 65.3 Å².